The second-order valence-corrected chi connectivity index (χ2v) is 7.49. The van der Waals surface area contributed by atoms with Crippen molar-refractivity contribution in [3.63, 3.8) is 0 Å². The summed E-state index contributed by atoms with van der Waals surface area (Å²) in [5.41, 5.74) is 8.67. The Hall–Kier alpha value is -2.58. The average Bonchev–Trinajstić information content (AvgIpc) is 2.75. The summed E-state index contributed by atoms with van der Waals surface area (Å²) >= 11 is 3.49. The average molecular weight is 410 g/mol. The monoisotopic (exact) mass is 409 g/mol. The van der Waals surface area contributed by atoms with Crippen molar-refractivity contribution >= 4 is 28.7 Å². The van der Waals surface area contributed by atoms with E-state index >= 15 is 0 Å². The van der Waals surface area contributed by atoms with Crippen molar-refractivity contribution in [2.24, 2.45) is 0 Å². The fourth-order valence-electron chi connectivity index (χ4n) is 3.22. The van der Waals surface area contributed by atoms with Crippen LogP contribution in [0.3, 0.4) is 0 Å². The van der Waals surface area contributed by atoms with E-state index in [1.165, 1.54) is 38.8 Å². The molecule has 4 aromatic carbocycles. The maximum Gasteiger partial charge on any atom is 0.148 e. The lowest BCUT2D eigenvalue weighted by atomic mass is 9.73. The van der Waals surface area contributed by atoms with Crippen molar-refractivity contribution in [1.82, 2.24) is 0 Å². The lowest BCUT2D eigenvalue weighted by Gasteiger charge is -2.07. The van der Waals surface area contributed by atoms with Gasteiger partial charge in [0.1, 0.15) is 7.28 Å². The molecule has 0 unspecified atom stereocenters. The third-order valence-electron chi connectivity index (χ3n) is 4.86. The normalized spacial score (nSPS) is 10.6. The zero-order valence-electron chi connectivity index (χ0n) is 15.2. The van der Waals surface area contributed by atoms with Gasteiger partial charge in [-0.15, -0.1) is 0 Å². The largest absolute Gasteiger partial charge is 0.148 e. The summed E-state index contributed by atoms with van der Waals surface area (Å²) in [4.78, 5) is 0. The molecule has 0 aliphatic rings. The van der Waals surface area contributed by atoms with E-state index in [1.807, 2.05) is 0 Å². The molecule has 0 saturated carbocycles. The zero-order chi connectivity index (χ0) is 18.6. The molecule has 2 heteroatoms. The van der Waals surface area contributed by atoms with Gasteiger partial charge in [0.15, 0.2) is 0 Å². The van der Waals surface area contributed by atoms with E-state index in [9.17, 15) is 0 Å². The Bertz CT molecular complexity index is 1020. The predicted octanol–water partition coefficient (Wildman–Crippen LogP) is 6.83. The van der Waals surface area contributed by atoms with Crippen LogP contribution in [0.25, 0.3) is 33.4 Å². The van der Waals surface area contributed by atoms with Gasteiger partial charge in [0.25, 0.3) is 0 Å². The maximum absolute atomic E-state index is 3.49. The summed E-state index contributed by atoms with van der Waals surface area (Å²) in [5.74, 6) is 0. The molecular weight excluding hydrogens is 391 g/mol. The Morgan fingerprint density at radius 2 is 0.704 bits per heavy atom. The Balaban J connectivity index is 1.55. The van der Waals surface area contributed by atoms with E-state index in [4.69, 9.17) is 0 Å². The Labute approximate surface area is 170 Å². The van der Waals surface area contributed by atoms with Gasteiger partial charge in [0, 0.05) is 4.47 Å². The summed E-state index contributed by atoms with van der Waals surface area (Å²) in [7, 11) is 2.12. The first-order valence-electron chi connectivity index (χ1n) is 9.09. The van der Waals surface area contributed by atoms with E-state index in [-0.39, 0.29) is 0 Å². The molecule has 0 heterocycles. The van der Waals surface area contributed by atoms with Gasteiger partial charge >= 0.3 is 0 Å². The van der Waals surface area contributed by atoms with Gasteiger partial charge in [-0.3, -0.25) is 0 Å². The molecule has 0 saturated heterocycles. The molecule has 0 fully saturated rings. The quantitative estimate of drug-likeness (QED) is 0.324. The van der Waals surface area contributed by atoms with Gasteiger partial charge in [0.05, 0.1) is 0 Å². The third kappa shape index (κ3) is 4.07. The van der Waals surface area contributed by atoms with Crippen LogP contribution in [-0.4, -0.2) is 7.28 Å². The van der Waals surface area contributed by atoms with Crippen molar-refractivity contribution in [2.75, 3.05) is 0 Å². The minimum Gasteiger partial charge on any atom is -0.0881 e. The highest BCUT2D eigenvalue weighted by molar-refractivity contribution is 9.10. The fraction of sp³-hybridized carbons (Fsp3) is 0.0400. The molecule has 27 heavy (non-hydrogen) atoms. The SMILES string of the molecule is C[B]c1ccc(-c2ccc(-c3ccc(-c4ccc(Br)cc4)cc3)cc2)cc1. The Kier molecular flexibility index (Phi) is 5.27. The molecule has 0 aliphatic heterocycles. The molecule has 0 aliphatic carbocycles. The number of benzene rings is 4. The molecule has 129 valence electrons. The van der Waals surface area contributed by atoms with Gasteiger partial charge in [-0.05, 0) is 45.5 Å². The van der Waals surface area contributed by atoms with Crippen molar-refractivity contribution in [3.05, 3.63) is 102 Å². The van der Waals surface area contributed by atoms with Crippen LogP contribution in [-0.2, 0) is 0 Å². The standard InChI is InChI=1S/C25H19BBr/c1-26-24-14-10-22(11-15-24)20-6-2-18(3-7-20)19-4-8-21(9-5-19)23-12-16-25(27)17-13-23/h2-17H,1H3. The molecule has 0 N–H and O–H groups in total. The molecule has 0 aromatic heterocycles. The van der Waals surface area contributed by atoms with Crippen LogP contribution in [0.2, 0.25) is 6.82 Å². The zero-order valence-corrected chi connectivity index (χ0v) is 16.8. The first-order valence-corrected chi connectivity index (χ1v) is 9.88. The Morgan fingerprint density at radius 3 is 1.00 bits per heavy atom. The summed E-state index contributed by atoms with van der Waals surface area (Å²) in [6, 6.07) is 34.6. The van der Waals surface area contributed by atoms with E-state index in [2.05, 4.69) is 127 Å². The molecule has 4 aromatic rings. The van der Waals surface area contributed by atoms with Crippen molar-refractivity contribution in [1.29, 1.82) is 0 Å². The summed E-state index contributed by atoms with van der Waals surface area (Å²) < 4.78 is 1.10. The highest BCUT2D eigenvalue weighted by Crippen LogP contribution is 2.28. The lowest BCUT2D eigenvalue weighted by Crippen LogP contribution is -2.08. The summed E-state index contributed by atoms with van der Waals surface area (Å²) in [6.07, 6.45) is 0. The molecule has 0 atom stereocenters. The summed E-state index contributed by atoms with van der Waals surface area (Å²) in [6.45, 7) is 2.06. The van der Waals surface area contributed by atoms with E-state index in [0.29, 0.717) is 0 Å². The second kappa shape index (κ2) is 7.98. The van der Waals surface area contributed by atoms with Gasteiger partial charge < -0.3 is 0 Å². The molecule has 0 amide bonds. The van der Waals surface area contributed by atoms with Gasteiger partial charge in [-0.25, -0.2) is 0 Å². The van der Waals surface area contributed by atoms with E-state index in [1.54, 1.807) is 0 Å². The molecule has 1 radical (unpaired) electrons. The maximum atomic E-state index is 3.49. The van der Waals surface area contributed by atoms with Crippen LogP contribution >= 0.6 is 15.9 Å². The van der Waals surface area contributed by atoms with Crippen LogP contribution in [0, 0.1) is 0 Å². The number of hydrogen-bond donors (Lipinski definition) is 0. The fourth-order valence-corrected chi connectivity index (χ4v) is 3.48. The van der Waals surface area contributed by atoms with Gasteiger partial charge in [-0.1, -0.05) is 113 Å². The van der Waals surface area contributed by atoms with Crippen LogP contribution in [0.4, 0.5) is 0 Å². The number of halogens is 1. The first kappa shape index (κ1) is 17.8. The first-order chi connectivity index (χ1) is 13.2. The topological polar surface area (TPSA) is 0 Å². The molecule has 0 bridgehead atoms. The smallest absolute Gasteiger partial charge is 0.0881 e. The Morgan fingerprint density at radius 1 is 0.444 bits per heavy atom. The molecule has 0 nitrogen and oxygen atoms in total. The minimum atomic E-state index is 1.10. The highest BCUT2D eigenvalue weighted by atomic mass is 79.9. The minimum absolute atomic E-state index is 1.10. The van der Waals surface area contributed by atoms with Gasteiger partial charge in [0.2, 0.25) is 0 Å². The predicted molar refractivity (Wildman–Crippen MR) is 122 cm³/mol. The summed E-state index contributed by atoms with van der Waals surface area (Å²) in [5, 5.41) is 0. The van der Waals surface area contributed by atoms with Gasteiger partial charge in [-0.2, -0.15) is 0 Å². The van der Waals surface area contributed by atoms with Crippen LogP contribution < -0.4 is 5.46 Å². The number of rotatable bonds is 4. The van der Waals surface area contributed by atoms with Crippen molar-refractivity contribution in [3.8, 4) is 33.4 Å². The van der Waals surface area contributed by atoms with Crippen molar-refractivity contribution < 1.29 is 0 Å². The molecule has 0 spiro atoms. The highest BCUT2D eigenvalue weighted by Gasteiger charge is 2.03. The van der Waals surface area contributed by atoms with Crippen LogP contribution in [0.1, 0.15) is 0 Å². The van der Waals surface area contributed by atoms with E-state index in [0.717, 1.165) is 4.47 Å². The second-order valence-electron chi connectivity index (χ2n) is 6.57. The van der Waals surface area contributed by atoms with Crippen LogP contribution in [0.15, 0.2) is 102 Å². The molecule has 4 rings (SSSR count). The lowest BCUT2D eigenvalue weighted by molar-refractivity contribution is 1.57. The molecular formula is C25H19BBr. The van der Waals surface area contributed by atoms with Crippen LogP contribution in [0.5, 0.6) is 0 Å². The number of hydrogen-bond acceptors (Lipinski definition) is 0. The van der Waals surface area contributed by atoms with Crippen molar-refractivity contribution in [2.45, 2.75) is 6.82 Å². The van der Waals surface area contributed by atoms with E-state index < -0.39 is 0 Å². The third-order valence-corrected chi connectivity index (χ3v) is 5.39.